The van der Waals surface area contributed by atoms with E-state index >= 15 is 0 Å². The van der Waals surface area contributed by atoms with Gasteiger partial charge in [0.05, 0.1) is 0 Å². The van der Waals surface area contributed by atoms with Gasteiger partial charge in [-0.1, -0.05) is 0 Å². The molecule has 9 heavy (non-hydrogen) atoms. The first-order valence-electron chi connectivity index (χ1n) is 2.67. The van der Waals surface area contributed by atoms with Crippen LogP contribution in [0.25, 0.3) is 0 Å². The standard InChI is InChI=1S/C7H10N2/c1-3-9-7-5-4-6-8-2/h3-7H,2H2,1H3/b6-4-,7-5-,9-3+. The predicted octanol–water partition coefficient (Wildman–Crippen LogP) is 1.81. The molecule has 0 bridgehead atoms. The normalized spacial score (nSPS) is 12.1. The van der Waals surface area contributed by atoms with Gasteiger partial charge >= 0.3 is 0 Å². The third-order valence-corrected chi connectivity index (χ3v) is 0.624. The zero-order chi connectivity index (χ0) is 6.95. The molecule has 2 heteroatoms. The Labute approximate surface area is 55.3 Å². The molecule has 0 atom stereocenters. The van der Waals surface area contributed by atoms with Crippen LogP contribution in [0.15, 0.2) is 34.5 Å². The average Bonchev–Trinajstić information content (AvgIpc) is 1.89. The first kappa shape index (κ1) is 7.82. The molecule has 0 radical (unpaired) electrons. The molecule has 0 spiro atoms. The highest BCUT2D eigenvalue weighted by Gasteiger charge is 1.57. The molecule has 0 amide bonds. The second kappa shape index (κ2) is 6.82. The van der Waals surface area contributed by atoms with Crippen molar-refractivity contribution < 1.29 is 0 Å². The summed E-state index contributed by atoms with van der Waals surface area (Å²) < 4.78 is 0. The molecule has 0 aliphatic carbocycles. The molecule has 0 unspecified atom stereocenters. The van der Waals surface area contributed by atoms with Crippen molar-refractivity contribution in [3.8, 4) is 0 Å². The van der Waals surface area contributed by atoms with Crippen LogP contribution in [-0.2, 0) is 0 Å². The van der Waals surface area contributed by atoms with Crippen LogP contribution in [0.2, 0.25) is 0 Å². The maximum Gasteiger partial charge on any atom is 0.0264 e. The van der Waals surface area contributed by atoms with Gasteiger partial charge in [0, 0.05) is 18.6 Å². The Bertz CT molecular complexity index is 143. The SMILES string of the molecule is C=N\C=C/C=C\N=C\C. The van der Waals surface area contributed by atoms with Crippen molar-refractivity contribution in [1.82, 2.24) is 0 Å². The quantitative estimate of drug-likeness (QED) is 0.403. The van der Waals surface area contributed by atoms with Gasteiger partial charge in [-0.3, -0.25) is 9.98 Å². The summed E-state index contributed by atoms with van der Waals surface area (Å²) in [5.41, 5.74) is 0. The minimum absolute atomic E-state index is 1.60. The Morgan fingerprint density at radius 2 is 1.89 bits per heavy atom. The van der Waals surface area contributed by atoms with Crippen LogP contribution >= 0.6 is 0 Å². The molecule has 0 rings (SSSR count). The van der Waals surface area contributed by atoms with Gasteiger partial charge in [0.2, 0.25) is 0 Å². The molecule has 0 aliphatic rings. The monoisotopic (exact) mass is 122 g/mol. The van der Waals surface area contributed by atoms with E-state index in [0.29, 0.717) is 0 Å². The Morgan fingerprint density at radius 3 is 2.44 bits per heavy atom. The summed E-state index contributed by atoms with van der Waals surface area (Å²) in [5, 5.41) is 0. The molecule has 0 aromatic heterocycles. The summed E-state index contributed by atoms with van der Waals surface area (Å²) in [6.07, 6.45) is 8.55. The third kappa shape index (κ3) is 6.82. The van der Waals surface area contributed by atoms with E-state index in [1.807, 2.05) is 6.92 Å². The van der Waals surface area contributed by atoms with E-state index in [4.69, 9.17) is 0 Å². The van der Waals surface area contributed by atoms with Crippen molar-refractivity contribution in [2.75, 3.05) is 0 Å². The summed E-state index contributed by atoms with van der Waals surface area (Å²) in [6.45, 7) is 5.13. The van der Waals surface area contributed by atoms with Crippen molar-refractivity contribution in [3.05, 3.63) is 24.6 Å². The van der Waals surface area contributed by atoms with Crippen molar-refractivity contribution >= 4 is 12.9 Å². The molecular formula is C7H10N2. The van der Waals surface area contributed by atoms with Crippen LogP contribution < -0.4 is 0 Å². The van der Waals surface area contributed by atoms with E-state index < -0.39 is 0 Å². The van der Waals surface area contributed by atoms with E-state index in [9.17, 15) is 0 Å². The Balaban J connectivity index is 3.46. The lowest BCUT2D eigenvalue weighted by molar-refractivity contribution is 1.55. The molecule has 48 valence electrons. The van der Waals surface area contributed by atoms with E-state index in [1.165, 1.54) is 0 Å². The zero-order valence-corrected chi connectivity index (χ0v) is 5.49. The van der Waals surface area contributed by atoms with Gasteiger partial charge < -0.3 is 0 Å². The highest BCUT2D eigenvalue weighted by Crippen LogP contribution is 1.77. The number of hydrogen-bond acceptors (Lipinski definition) is 2. The smallest absolute Gasteiger partial charge is 0.0264 e. The van der Waals surface area contributed by atoms with Crippen LogP contribution in [-0.4, -0.2) is 12.9 Å². The van der Waals surface area contributed by atoms with Gasteiger partial charge in [-0.05, 0) is 25.8 Å². The highest BCUT2D eigenvalue weighted by molar-refractivity contribution is 5.54. The van der Waals surface area contributed by atoms with E-state index in [2.05, 4.69) is 16.7 Å². The molecule has 0 saturated carbocycles. The van der Waals surface area contributed by atoms with Gasteiger partial charge in [-0.25, -0.2) is 0 Å². The molecule has 0 fully saturated rings. The maximum absolute atomic E-state index is 3.82. The van der Waals surface area contributed by atoms with Gasteiger partial charge in [0.1, 0.15) is 0 Å². The van der Waals surface area contributed by atoms with Crippen LogP contribution in [0, 0.1) is 0 Å². The van der Waals surface area contributed by atoms with Gasteiger partial charge in [-0.15, -0.1) is 0 Å². The van der Waals surface area contributed by atoms with Crippen LogP contribution in [0.4, 0.5) is 0 Å². The van der Waals surface area contributed by atoms with E-state index in [-0.39, 0.29) is 0 Å². The molecular weight excluding hydrogens is 112 g/mol. The van der Waals surface area contributed by atoms with Crippen molar-refractivity contribution in [1.29, 1.82) is 0 Å². The maximum atomic E-state index is 3.82. The summed E-state index contributed by atoms with van der Waals surface area (Å²) in [6, 6.07) is 0. The van der Waals surface area contributed by atoms with Crippen LogP contribution in [0.3, 0.4) is 0 Å². The molecule has 2 nitrogen and oxygen atoms in total. The van der Waals surface area contributed by atoms with Crippen LogP contribution in [0.1, 0.15) is 6.92 Å². The predicted molar refractivity (Wildman–Crippen MR) is 42.0 cm³/mol. The lowest BCUT2D eigenvalue weighted by Crippen LogP contribution is -1.53. The van der Waals surface area contributed by atoms with E-state index in [0.717, 1.165) is 0 Å². The van der Waals surface area contributed by atoms with Gasteiger partial charge in [0.15, 0.2) is 0 Å². The average molecular weight is 122 g/mol. The largest absolute Gasteiger partial charge is 0.273 e. The summed E-state index contributed by atoms with van der Waals surface area (Å²) in [5.74, 6) is 0. The highest BCUT2D eigenvalue weighted by atomic mass is 14.7. The summed E-state index contributed by atoms with van der Waals surface area (Å²) >= 11 is 0. The summed E-state index contributed by atoms with van der Waals surface area (Å²) in [7, 11) is 0. The zero-order valence-electron chi connectivity index (χ0n) is 5.49. The topological polar surface area (TPSA) is 24.7 Å². The van der Waals surface area contributed by atoms with Gasteiger partial charge in [-0.2, -0.15) is 0 Å². The number of aliphatic imine (C=N–C) groups is 2. The lowest BCUT2D eigenvalue weighted by atomic mass is 10.6. The molecule has 0 N–H and O–H groups in total. The van der Waals surface area contributed by atoms with E-state index in [1.54, 1.807) is 30.8 Å². The number of allylic oxidation sites excluding steroid dienone is 2. The van der Waals surface area contributed by atoms with Crippen molar-refractivity contribution in [3.63, 3.8) is 0 Å². The molecule has 0 aromatic carbocycles. The molecule has 0 saturated heterocycles. The minimum atomic E-state index is 1.60. The van der Waals surface area contributed by atoms with Crippen molar-refractivity contribution in [2.45, 2.75) is 6.92 Å². The van der Waals surface area contributed by atoms with Crippen molar-refractivity contribution in [2.24, 2.45) is 9.98 Å². The first-order chi connectivity index (χ1) is 4.41. The van der Waals surface area contributed by atoms with Gasteiger partial charge in [0.25, 0.3) is 0 Å². The number of nitrogens with zero attached hydrogens (tertiary/aromatic N) is 2. The Hall–Kier alpha value is -1.18. The second-order valence-corrected chi connectivity index (χ2v) is 1.27. The summed E-state index contributed by atoms with van der Waals surface area (Å²) in [4.78, 5) is 7.32. The Morgan fingerprint density at radius 1 is 1.22 bits per heavy atom. The van der Waals surface area contributed by atoms with Crippen LogP contribution in [0.5, 0.6) is 0 Å². The lowest BCUT2D eigenvalue weighted by Gasteiger charge is -1.70. The second-order valence-electron chi connectivity index (χ2n) is 1.27. The molecule has 0 aromatic rings. The molecule has 0 aliphatic heterocycles. The fraction of sp³-hybridized carbons (Fsp3) is 0.143. The Kier molecular flexibility index (Phi) is 5.93. The minimum Gasteiger partial charge on any atom is -0.273 e. The number of rotatable bonds is 3. The fourth-order valence-electron chi connectivity index (χ4n) is 0.296. The number of hydrogen-bond donors (Lipinski definition) is 0. The first-order valence-corrected chi connectivity index (χ1v) is 2.67. The third-order valence-electron chi connectivity index (χ3n) is 0.624. The fourth-order valence-corrected chi connectivity index (χ4v) is 0.296. The molecule has 0 heterocycles.